The molecule has 1 aromatic carbocycles. The van der Waals surface area contributed by atoms with E-state index < -0.39 is 12.3 Å². The number of hydrogen-bond acceptors (Lipinski definition) is 6. The first-order chi connectivity index (χ1) is 12.6. The minimum Gasteiger partial charge on any atom is -0.406 e. The van der Waals surface area contributed by atoms with Gasteiger partial charge in [-0.25, -0.2) is 9.97 Å². The molecule has 0 unspecified atom stereocenters. The zero-order valence-electron chi connectivity index (χ0n) is 15.1. The number of carbonyl (C=O) groups is 1. The molecule has 10 heteroatoms. The summed E-state index contributed by atoms with van der Waals surface area (Å²) in [4.78, 5) is 22.4. The zero-order chi connectivity index (χ0) is 20.0. The van der Waals surface area contributed by atoms with Gasteiger partial charge in [-0.1, -0.05) is 0 Å². The molecule has 1 aromatic heterocycles. The molecule has 2 rings (SSSR count). The summed E-state index contributed by atoms with van der Waals surface area (Å²) in [7, 11) is 3.74. The Bertz CT molecular complexity index is 779. The van der Waals surface area contributed by atoms with E-state index in [9.17, 15) is 18.0 Å². The van der Waals surface area contributed by atoms with E-state index in [4.69, 9.17) is 0 Å². The molecule has 0 saturated heterocycles. The SMILES string of the molecule is Cc1nc(NCCNC(=O)c2ccc(OC(F)(F)F)cc2)cc(N(C)C)n1. The van der Waals surface area contributed by atoms with E-state index >= 15 is 0 Å². The fraction of sp³-hybridized carbons (Fsp3) is 0.353. The van der Waals surface area contributed by atoms with Crippen LogP contribution in [0.2, 0.25) is 0 Å². The number of halogens is 3. The molecular formula is C17H20F3N5O2. The number of nitrogens with zero attached hydrogens (tertiary/aromatic N) is 3. The van der Waals surface area contributed by atoms with Crippen LogP contribution in [0.15, 0.2) is 30.3 Å². The van der Waals surface area contributed by atoms with Crippen LogP contribution in [0, 0.1) is 6.92 Å². The van der Waals surface area contributed by atoms with Crippen molar-refractivity contribution in [1.82, 2.24) is 15.3 Å². The second kappa shape index (κ2) is 8.56. The Kier molecular flexibility index (Phi) is 6.43. The standard InChI is InChI=1S/C17H20F3N5O2/c1-11-23-14(10-15(24-11)25(2)3)21-8-9-22-16(26)12-4-6-13(7-5-12)27-17(18,19)20/h4-7,10H,8-9H2,1-3H3,(H,22,26)(H,21,23,24). The van der Waals surface area contributed by atoms with Crippen molar-refractivity contribution in [3.63, 3.8) is 0 Å². The van der Waals surface area contributed by atoms with E-state index in [-0.39, 0.29) is 11.3 Å². The van der Waals surface area contributed by atoms with Gasteiger partial charge in [-0.15, -0.1) is 13.2 Å². The molecule has 0 atom stereocenters. The summed E-state index contributed by atoms with van der Waals surface area (Å²) in [5.74, 6) is 1.23. The maximum atomic E-state index is 12.1. The number of amides is 1. The number of ether oxygens (including phenoxy) is 1. The van der Waals surface area contributed by atoms with Crippen molar-refractivity contribution in [2.45, 2.75) is 13.3 Å². The normalized spacial score (nSPS) is 11.0. The number of carbonyl (C=O) groups excluding carboxylic acids is 1. The van der Waals surface area contributed by atoms with Crippen LogP contribution in [0.3, 0.4) is 0 Å². The Balaban J connectivity index is 1.82. The monoisotopic (exact) mass is 383 g/mol. The van der Waals surface area contributed by atoms with E-state index in [0.717, 1.165) is 18.0 Å². The third kappa shape index (κ3) is 6.65. The summed E-state index contributed by atoms with van der Waals surface area (Å²) in [5, 5.41) is 5.76. The van der Waals surface area contributed by atoms with Gasteiger partial charge in [0.25, 0.3) is 5.91 Å². The van der Waals surface area contributed by atoms with Crippen molar-refractivity contribution in [2.24, 2.45) is 0 Å². The summed E-state index contributed by atoms with van der Waals surface area (Å²) in [6.45, 7) is 2.51. The molecule has 27 heavy (non-hydrogen) atoms. The Labute approximate surface area is 154 Å². The number of aromatic nitrogens is 2. The van der Waals surface area contributed by atoms with E-state index in [2.05, 4.69) is 25.3 Å². The summed E-state index contributed by atoms with van der Waals surface area (Å²) in [6.07, 6.45) is -4.76. The van der Waals surface area contributed by atoms with Crippen LogP contribution in [-0.2, 0) is 0 Å². The number of nitrogens with one attached hydrogen (secondary N) is 2. The lowest BCUT2D eigenvalue weighted by Gasteiger charge is -2.14. The summed E-state index contributed by atoms with van der Waals surface area (Å²) in [6, 6.07) is 6.50. The van der Waals surface area contributed by atoms with Gasteiger partial charge in [-0.3, -0.25) is 4.79 Å². The Morgan fingerprint density at radius 3 is 2.41 bits per heavy atom. The molecule has 0 fully saturated rings. The average Bonchev–Trinajstić information content (AvgIpc) is 2.57. The maximum Gasteiger partial charge on any atom is 0.573 e. The van der Waals surface area contributed by atoms with Crippen LogP contribution in [0.4, 0.5) is 24.8 Å². The van der Waals surface area contributed by atoms with Crippen LogP contribution < -0.4 is 20.3 Å². The van der Waals surface area contributed by atoms with Crippen LogP contribution in [0.1, 0.15) is 16.2 Å². The number of alkyl halides is 3. The predicted octanol–water partition coefficient (Wildman–Crippen LogP) is 2.59. The molecule has 1 amide bonds. The van der Waals surface area contributed by atoms with E-state index in [1.807, 2.05) is 19.0 Å². The van der Waals surface area contributed by atoms with Gasteiger partial charge in [0.15, 0.2) is 0 Å². The molecule has 0 bridgehead atoms. The van der Waals surface area contributed by atoms with E-state index in [1.165, 1.54) is 12.1 Å². The summed E-state index contributed by atoms with van der Waals surface area (Å²) in [5.41, 5.74) is 0.234. The maximum absolute atomic E-state index is 12.1. The van der Waals surface area contributed by atoms with Gasteiger partial charge in [0.05, 0.1) is 0 Å². The van der Waals surface area contributed by atoms with Gasteiger partial charge in [0.1, 0.15) is 23.2 Å². The number of anilines is 2. The second-order valence-electron chi connectivity index (χ2n) is 5.81. The van der Waals surface area contributed by atoms with Crippen LogP contribution in [0.25, 0.3) is 0 Å². The molecule has 146 valence electrons. The average molecular weight is 383 g/mol. The van der Waals surface area contributed by atoms with Crippen LogP contribution >= 0.6 is 0 Å². The minimum atomic E-state index is -4.76. The second-order valence-corrected chi connectivity index (χ2v) is 5.81. The molecule has 2 aromatic rings. The van der Waals surface area contributed by atoms with Gasteiger partial charge in [-0.2, -0.15) is 0 Å². The molecule has 0 aliphatic carbocycles. The summed E-state index contributed by atoms with van der Waals surface area (Å²) >= 11 is 0. The first kappa shape index (κ1) is 20.3. The van der Waals surface area contributed by atoms with Gasteiger partial charge >= 0.3 is 6.36 Å². The van der Waals surface area contributed by atoms with Crippen molar-refractivity contribution < 1.29 is 22.7 Å². The number of aryl methyl sites for hydroxylation is 1. The van der Waals surface area contributed by atoms with Crippen molar-refractivity contribution in [1.29, 1.82) is 0 Å². The third-order valence-electron chi connectivity index (χ3n) is 3.35. The topological polar surface area (TPSA) is 79.4 Å². The van der Waals surface area contributed by atoms with E-state index in [1.54, 1.807) is 13.0 Å². The first-order valence-electron chi connectivity index (χ1n) is 8.05. The fourth-order valence-corrected chi connectivity index (χ4v) is 2.15. The molecule has 7 nitrogen and oxygen atoms in total. The Morgan fingerprint density at radius 2 is 1.81 bits per heavy atom. The predicted molar refractivity (Wildman–Crippen MR) is 95.0 cm³/mol. The highest BCUT2D eigenvalue weighted by molar-refractivity contribution is 5.94. The summed E-state index contributed by atoms with van der Waals surface area (Å²) < 4.78 is 40.1. The van der Waals surface area contributed by atoms with Crippen molar-refractivity contribution in [3.8, 4) is 5.75 Å². The highest BCUT2D eigenvalue weighted by atomic mass is 19.4. The molecular weight excluding hydrogens is 363 g/mol. The van der Waals surface area contributed by atoms with Gasteiger partial charge < -0.3 is 20.3 Å². The lowest BCUT2D eigenvalue weighted by molar-refractivity contribution is -0.274. The molecule has 2 N–H and O–H groups in total. The number of rotatable bonds is 7. The molecule has 0 radical (unpaired) electrons. The molecule has 0 aliphatic rings. The highest BCUT2D eigenvalue weighted by Gasteiger charge is 2.31. The van der Waals surface area contributed by atoms with Crippen molar-refractivity contribution in [3.05, 3.63) is 41.7 Å². The van der Waals surface area contributed by atoms with Gasteiger partial charge in [0, 0.05) is 38.8 Å². The zero-order valence-corrected chi connectivity index (χ0v) is 15.1. The highest BCUT2D eigenvalue weighted by Crippen LogP contribution is 2.22. The molecule has 0 saturated carbocycles. The minimum absolute atomic E-state index is 0.234. The molecule has 1 heterocycles. The number of hydrogen-bond donors (Lipinski definition) is 2. The van der Waals surface area contributed by atoms with Crippen molar-refractivity contribution in [2.75, 3.05) is 37.4 Å². The number of benzene rings is 1. The molecule has 0 spiro atoms. The van der Waals surface area contributed by atoms with Crippen LogP contribution in [0.5, 0.6) is 5.75 Å². The van der Waals surface area contributed by atoms with Gasteiger partial charge in [0.2, 0.25) is 0 Å². The molecule has 0 aliphatic heterocycles. The van der Waals surface area contributed by atoms with Crippen molar-refractivity contribution >= 4 is 17.5 Å². The van der Waals surface area contributed by atoms with Crippen LogP contribution in [-0.4, -0.2) is 49.4 Å². The van der Waals surface area contributed by atoms with Gasteiger partial charge in [-0.05, 0) is 31.2 Å². The smallest absolute Gasteiger partial charge is 0.406 e. The van der Waals surface area contributed by atoms with E-state index in [0.29, 0.717) is 24.7 Å². The largest absolute Gasteiger partial charge is 0.573 e. The first-order valence-corrected chi connectivity index (χ1v) is 8.05. The fourth-order valence-electron chi connectivity index (χ4n) is 2.15. The quantitative estimate of drug-likeness (QED) is 0.716. The Morgan fingerprint density at radius 1 is 1.15 bits per heavy atom. The lowest BCUT2D eigenvalue weighted by Crippen LogP contribution is -2.29. The third-order valence-corrected chi connectivity index (χ3v) is 3.35. The lowest BCUT2D eigenvalue weighted by atomic mass is 10.2. The Hall–Kier alpha value is -3.04.